The molecule has 0 aromatic carbocycles. The van der Waals surface area contributed by atoms with Crippen molar-refractivity contribution in [2.45, 2.75) is 39.5 Å². The van der Waals surface area contributed by atoms with Gasteiger partial charge in [-0.1, -0.05) is 26.7 Å². The molecule has 0 fully saturated rings. The third kappa shape index (κ3) is 5.73. The molecule has 0 aliphatic carbocycles. The van der Waals surface area contributed by atoms with Crippen LogP contribution >= 0.6 is 0 Å². The molecule has 0 heterocycles. The van der Waals surface area contributed by atoms with Crippen LogP contribution < -0.4 is 0 Å². The van der Waals surface area contributed by atoms with Gasteiger partial charge in [-0.15, -0.1) is 0 Å². The van der Waals surface area contributed by atoms with Crippen molar-refractivity contribution in [2.75, 3.05) is 20.7 Å². The van der Waals surface area contributed by atoms with Gasteiger partial charge in [-0.2, -0.15) is 0 Å². The van der Waals surface area contributed by atoms with E-state index in [0.717, 1.165) is 19.3 Å². The van der Waals surface area contributed by atoms with Gasteiger partial charge in [0.1, 0.15) is 0 Å². The van der Waals surface area contributed by atoms with E-state index in [9.17, 15) is 9.59 Å². The number of nitrogens with zero attached hydrogens (tertiary/aromatic N) is 1. The zero-order chi connectivity index (χ0) is 12.6. The standard InChI is InChI=1S/C12H23NO3/c1-5-6-7-8-11(14)13(3)9-10(2)12(15)16-4/h10H,5-9H2,1-4H3. The van der Waals surface area contributed by atoms with E-state index >= 15 is 0 Å². The van der Waals surface area contributed by atoms with Gasteiger partial charge < -0.3 is 9.64 Å². The molecular formula is C12H23NO3. The van der Waals surface area contributed by atoms with Crippen LogP contribution in [-0.2, 0) is 14.3 Å². The summed E-state index contributed by atoms with van der Waals surface area (Å²) in [5, 5.41) is 0. The number of rotatable bonds is 7. The molecule has 1 unspecified atom stereocenters. The highest BCUT2D eigenvalue weighted by atomic mass is 16.5. The molecule has 0 aliphatic heterocycles. The molecule has 0 saturated carbocycles. The van der Waals surface area contributed by atoms with Crippen LogP contribution in [0.2, 0.25) is 0 Å². The largest absolute Gasteiger partial charge is 0.469 e. The van der Waals surface area contributed by atoms with E-state index in [1.54, 1.807) is 18.9 Å². The van der Waals surface area contributed by atoms with Gasteiger partial charge in [-0.05, 0) is 6.42 Å². The third-order valence-electron chi connectivity index (χ3n) is 2.57. The highest BCUT2D eigenvalue weighted by Crippen LogP contribution is 2.05. The number of methoxy groups -OCH3 is 1. The Bertz CT molecular complexity index is 228. The highest BCUT2D eigenvalue weighted by Gasteiger charge is 2.18. The van der Waals surface area contributed by atoms with Gasteiger partial charge >= 0.3 is 5.97 Å². The Morgan fingerprint density at radius 3 is 2.44 bits per heavy atom. The van der Waals surface area contributed by atoms with E-state index in [4.69, 9.17) is 0 Å². The SMILES string of the molecule is CCCCCC(=O)N(C)CC(C)C(=O)OC. The zero-order valence-electron chi connectivity index (χ0n) is 10.8. The van der Waals surface area contributed by atoms with Gasteiger partial charge in [0, 0.05) is 20.0 Å². The summed E-state index contributed by atoms with van der Waals surface area (Å²) in [7, 11) is 3.09. The number of ether oxygens (including phenoxy) is 1. The molecule has 94 valence electrons. The Labute approximate surface area is 98.0 Å². The predicted octanol–water partition coefficient (Wildman–Crippen LogP) is 1.83. The predicted molar refractivity (Wildman–Crippen MR) is 63.0 cm³/mol. The fourth-order valence-corrected chi connectivity index (χ4v) is 1.51. The number of carbonyl (C=O) groups is 2. The van der Waals surface area contributed by atoms with Gasteiger partial charge in [0.2, 0.25) is 5.91 Å². The molecule has 0 radical (unpaired) electrons. The van der Waals surface area contributed by atoms with E-state index in [2.05, 4.69) is 11.7 Å². The normalized spacial score (nSPS) is 12.0. The van der Waals surface area contributed by atoms with Crippen LogP contribution in [0.1, 0.15) is 39.5 Å². The molecule has 0 N–H and O–H groups in total. The van der Waals surface area contributed by atoms with Crippen LogP contribution in [0.5, 0.6) is 0 Å². The summed E-state index contributed by atoms with van der Waals surface area (Å²) in [4.78, 5) is 24.4. The molecule has 0 spiro atoms. The second-order valence-corrected chi connectivity index (χ2v) is 4.16. The van der Waals surface area contributed by atoms with Crippen molar-refractivity contribution in [3.8, 4) is 0 Å². The van der Waals surface area contributed by atoms with Crippen molar-refractivity contribution in [1.82, 2.24) is 4.90 Å². The van der Waals surface area contributed by atoms with Gasteiger partial charge in [-0.3, -0.25) is 9.59 Å². The molecule has 0 aliphatic rings. The smallest absolute Gasteiger partial charge is 0.310 e. The first-order chi connectivity index (χ1) is 7.52. The Morgan fingerprint density at radius 2 is 1.94 bits per heavy atom. The number of unbranched alkanes of at least 4 members (excludes halogenated alkanes) is 2. The lowest BCUT2D eigenvalue weighted by molar-refractivity contribution is -0.146. The van der Waals surface area contributed by atoms with Crippen molar-refractivity contribution >= 4 is 11.9 Å². The molecule has 0 saturated heterocycles. The Balaban J connectivity index is 3.90. The Hall–Kier alpha value is -1.06. The van der Waals surface area contributed by atoms with Crippen LogP contribution in [0.15, 0.2) is 0 Å². The lowest BCUT2D eigenvalue weighted by Crippen LogP contribution is -2.34. The van der Waals surface area contributed by atoms with Gasteiger partial charge in [0.15, 0.2) is 0 Å². The molecule has 4 heteroatoms. The van der Waals surface area contributed by atoms with Crippen LogP contribution in [0.4, 0.5) is 0 Å². The number of amides is 1. The molecule has 1 atom stereocenters. The Kier molecular flexibility index (Phi) is 7.60. The summed E-state index contributed by atoms with van der Waals surface area (Å²) in [5.74, 6) is -0.428. The Morgan fingerprint density at radius 1 is 1.31 bits per heavy atom. The monoisotopic (exact) mass is 229 g/mol. The molecule has 0 rings (SSSR count). The number of hydrogen-bond acceptors (Lipinski definition) is 3. The average Bonchev–Trinajstić information content (AvgIpc) is 2.27. The van der Waals surface area contributed by atoms with Gasteiger partial charge in [0.25, 0.3) is 0 Å². The summed E-state index contributed by atoms with van der Waals surface area (Å²) >= 11 is 0. The minimum absolute atomic E-state index is 0.101. The lowest BCUT2D eigenvalue weighted by atomic mass is 10.1. The molecular weight excluding hydrogens is 206 g/mol. The van der Waals surface area contributed by atoms with Crippen LogP contribution in [0.25, 0.3) is 0 Å². The summed E-state index contributed by atoms with van der Waals surface area (Å²) in [6.45, 7) is 4.30. The first-order valence-corrected chi connectivity index (χ1v) is 5.84. The van der Waals surface area contributed by atoms with Crippen LogP contribution in [0.3, 0.4) is 0 Å². The number of esters is 1. The summed E-state index contributed by atoms with van der Waals surface area (Å²) in [6.07, 6.45) is 3.67. The van der Waals surface area contributed by atoms with E-state index in [1.807, 2.05) is 0 Å². The van der Waals surface area contributed by atoms with Gasteiger partial charge in [0.05, 0.1) is 13.0 Å². The minimum Gasteiger partial charge on any atom is -0.469 e. The molecule has 0 bridgehead atoms. The quantitative estimate of drug-likeness (QED) is 0.494. The maximum atomic E-state index is 11.6. The molecule has 16 heavy (non-hydrogen) atoms. The fraction of sp³-hybridized carbons (Fsp3) is 0.833. The minimum atomic E-state index is -0.270. The van der Waals surface area contributed by atoms with Gasteiger partial charge in [-0.25, -0.2) is 0 Å². The zero-order valence-corrected chi connectivity index (χ0v) is 10.8. The second kappa shape index (κ2) is 8.13. The highest BCUT2D eigenvalue weighted by molar-refractivity contribution is 5.77. The van der Waals surface area contributed by atoms with Crippen molar-refractivity contribution in [3.05, 3.63) is 0 Å². The molecule has 0 aromatic rings. The lowest BCUT2D eigenvalue weighted by Gasteiger charge is -2.20. The summed E-state index contributed by atoms with van der Waals surface area (Å²) < 4.78 is 4.61. The topological polar surface area (TPSA) is 46.6 Å². The number of hydrogen-bond donors (Lipinski definition) is 0. The van der Waals surface area contributed by atoms with E-state index in [-0.39, 0.29) is 17.8 Å². The van der Waals surface area contributed by atoms with E-state index in [0.29, 0.717) is 13.0 Å². The van der Waals surface area contributed by atoms with E-state index < -0.39 is 0 Å². The maximum Gasteiger partial charge on any atom is 0.310 e. The fourth-order valence-electron chi connectivity index (χ4n) is 1.51. The molecule has 0 aromatic heterocycles. The third-order valence-corrected chi connectivity index (χ3v) is 2.57. The van der Waals surface area contributed by atoms with Crippen LogP contribution in [0, 0.1) is 5.92 Å². The van der Waals surface area contributed by atoms with Crippen molar-refractivity contribution < 1.29 is 14.3 Å². The summed E-state index contributed by atoms with van der Waals surface area (Å²) in [6, 6.07) is 0. The second-order valence-electron chi connectivity index (χ2n) is 4.16. The van der Waals surface area contributed by atoms with Crippen molar-refractivity contribution in [1.29, 1.82) is 0 Å². The first-order valence-electron chi connectivity index (χ1n) is 5.84. The van der Waals surface area contributed by atoms with Crippen molar-refractivity contribution in [3.63, 3.8) is 0 Å². The number of carbonyl (C=O) groups excluding carboxylic acids is 2. The first kappa shape index (κ1) is 14.9. The molecule has 4 nitrogen and oxygen atoms in total. The van der Waals surface area contributed by atoms with Crippen molar-refractivity contribution in [2.24, 2.45) is 5.92 Å². The molecule has 1 amide bonds. The maximum absolute atomic E-state index is 11.6. The average molecular weight is 229 g/mol. The summed E-state index contributed by atoms with van der Waals surface area (Å²) in [5.41, 5.74) is 0. The van der Waals surface area contributed by atoms with Crippen LogP contribution in [-0.4, -0.2) is 37.5 Å². The van der Waals surface area contributed by atoms with E-state index in [1.165, 1.54) is 7.11 Å².